The van der Waals surface area contributed by atoms with Crippen LogP contribution in [0.4, 0.5) is 4.79 Å². The maximum atomic E-state index is 11.8. The molecule has 2 rings (SSSR count). The molecule has 0 spiro atoms. The standard InChI is InChI=1S/C15H24N4O3.HI/c1-15(2,3)22-14(20)19-9-11(10-19)18-13(16-4)17-8-12-6-5-7-21-12;/h5-7,11H,8-10H2,1-4H3,(H2,16,17,18);1H. The highest BCUT2D eigenvalue weighted by Crippen LogP contribution is 2.15. The number of carbonyl (C=O) groups is 1. The molecule has 1 saturated heterocycles. The van der Waals surface area contributed by atoms with Gasteiger partial charge in [0.25, 0.3) is 0 Å². The van der Waals surface area contributed by atoms with Crippen molar-refractivity contribution in [1.82, 2.24) is 15.5 Å². The van der Waals surface area contributed by atoms with Crippen molar-refractivity contribution < 1.29 is 13.9 Å². The van der Waals surface area contributed by atoms with Crippen molar-refractivity contribution in [2.75, 3.05) is 20.1 Å². The van der Waals surface area contributed by atoms with Gasteiger partial charge in [0.15, 0.2) is 5.96 Å². The SMILES string of the molecule is CN=C(NCc1ccco1)NC1CN(C(=O)OC(C)(C)C)C1.I. The Morgan fingerprint density at radius 1 is 1.48 bits per heavy atom. The number of rotatable bonds is 3. The molecule has 130 valence electrons. The zero-order valence-corrected chi connectivity index (χ0v) is 16.3. The Hall–Kier alpha value is -1.45. The van der Waals surface area contributed by atoms with Gasteiger partial charge in [0.2, 0.25) is 0 Å². The van der Waals surface area contributed by atoms with E-state index < -0.39 is 5.60 Å². The fraction of sp³-hybridized carbons (Fsp3) is 0.600. The number of aliphatic imine (C=N–C) groups is 1. The molecular weight excluding hydrogens is 411 g/mol. The van der Waals surface area contributed by atoms with Crippen molar-refractivity contribution in [3.8, 4) is 0 Å². The van der Waals surface area contributed by atoms with Crippen molar-refractivity contribution >= 4 is 36.0 Å². The molecule has 0 bridgehead atoms. The van der Waals surface area contributed by atoms with Gasteiger partial charge in [0, 0.05) is 20.1 Å². The monoisotopic (exact) mass is 436 g/mol. The van der Waals surface area contributed by atoms with Crippen molar-refractivity contribution in [2.45, 2.75) is 39.0 Å². The van der Waals surface area contributed by atoms with Crippen LogP contribution in [0.3, 0.4) is 0 Å². The number of amides is 1. The minimum absolute atomic E-state index is 0. The molecule has 23 heavy (non-hydrogen) atoms. The average Bonchev–Trinajstić information content (AvgIpc) is 2.87. The highest BCUT2D eigenvalue weighted by molar-refractivity contribution is 14.0. The second kappa shape index (κ2) is 8.42. The molecule has 1 aromatic heterocycles. The number of carbonyl (C=O) groups excluding carboxylic acids is 1. The molecule has 1 aromatic rings. The topological polar surface area (TPSA) is 79.1 Å². The summed E-state index contributed by atoms with van der Waals surface area (Å²) in [4.78, 5) is 17.7. The van der Waals surface area contributed by atoms with Gasteiger partial charge in [-0.2, -0.15) is 0 Å². The van der Waals surface area contributed by atoms with E-state index in [4.69, 9.17) is 9.15 Å². The molecule has 1 aliphatic rings. The number of nitrogens with zero attached hydrogens (tertiary/aromatic N) is 2. The predicted molar refractivity (Wildman–Crippen MR) is 99.1 cm³/mol. The summed E-state index contributed by atoms with van der Waals surface area (Å²) in [5.74, 6) is 1.53. The van der Waals surface area contributed by atoms with Crippen molar-refractivity contribution in [2.24, 2.45) is 4.99 Å². The van der Waals surface area contributed by atoms with Gasteiger partial charge in [-0.25, -0.2) is 4.79 Å². The van der Waals surface area contributed by atoms with E-state index in [1.54, 1.807) is 18.2 Å². The molecular formula is C15H25IN4O3. The first-order valence-electron chi connectivity index (χ1n) is 7.35. The van der Waals surface area contributed by atoms with Gasteiger partial charge in [-0.15, -0.1) is 24.0 Å². The third-order valence-corrected chi connectivity index (χ3v) is 3.11. The molecule has 2 heterocycles. The van der Waals surface area contributed by atoms with Crippen molar-refractivity contribution in [3.63, 3.8) is 0 Å². The average molecular weight is 436 g/mol. The summed E-state index contributed by atoms with van der Waals surface area (Å²) in [5.41, 5.74) is -0.462. The Morgan fingerprint density at radius 3 is 2.70 bits per heavy atom. The number of ether oxygens (including phenoxy) is 1. The number of furan rings is 1. The number of likely N-dealkylation sites (tertiary alicyclic amines) is 1. The van der Waals surface area contributed by atoms with Gasteiger partial charge in [0.1, 0.15) is 11.4 Å². The fourth-order valence-electron chi connectivity index (χ4n) is 2.02. The van der Waals surface area contributed by atoms with Crippen LogP contribution in [-0.2, 0) is 11.3 Å². The first-order chi connectivity index (χ1) is 10.4. The Kier molecular flexibility index (Phi) is 7.17. The van der Waals surface area contributed by atoms with Crippen LogP contribution in [0.15, 0.2) is 27.8 Å². The van der Waals surface area contributed by atoms with Crippen LogP contribution in [0.2, 0.25) is 0 Å². The lowest BCUT2D eigenvalue weighted by molar-refractivity contribution is 0.00701. The molecule has 8 heteroatoms. The van der Waals surface area contributed by atoms with Gasteiger partial charge < -0.3 is 24.7 Å². The van der Waals surface area contributed by atoms with Gasteiger partial charge >= 0.3 is 6.09 Å². The Morgan fingerprint density at radius 2 is 2.17 bits per heavy atom. The van der Waals surface area contributed by atoms with Gasteiger partial charge in [0.05, 0.1) is 18.8 Å². The molecule has 1 amide bonds. The van der Waals surface area contributed by atoms with Gasteiger partial charge in [-0.3, -0.25) is 4.99 Å². The molecule has 1 fully saturated rings. The summed E-state index contributed by atoms with van der Waals surface area (Å²) in [6.07, 6.45) is 1.36. The van der Waals surface area contributed by atoms with Crippen LogP contribution in [-0.4, -0.2) is 48.7 Å². The lowest BCUT2D eigenvalue weighted by atomic mass is 10.1. The van der Waals surface area contributed by atoms with E-state index in [-0.39, 0.29) is 36.1 Å². The van der Waals surface area contributed by atoms with E-state index in [1.165, 1.54) is 0 Å². The molecule has 2 N–H and O–H groups in total. The first kappa shape index (κ1) is 19.6. The Bertz CT molecular complexity index is 519. The molecule has 1 aliphatic heterocycles. The van der Waals surface area contributed by atoms with Crippen molar-refractivity contribution in [1.29, 1.82) is 0 Å². The highest BCUT2D eigenvalue weighted by atomic mass is 127. The largest absolute Gasteiger partial charge is 0.467 e. The smallest absolute Gasteiger partial charge is 0.410 e. The lowest BCUT2D eigenvalue weighted by Crippen LogP contribution is -2.63. The van der Waals surface area contributed by atoms with Crippen LogP contribution in [0.5, 0.6) is 0 Å². The minimum Gasteiger partial charge on any atom is -0.467 e. The molecule has 0 aliphatic carbocycles. The maximum Gasteiger partial charge on any atom is 0.410 e. The third kappa shape index (κ3) is 6.28. The van der Waals surface area contributed by atoms with E-state index in [9.17, 15) is 4.79 Å². The zero-order chi connectivity index (χ0) is 16.2. The van der Waals surface area contributed by atoms with Crippen LogP contribution in [0.1, 0.15) is 26.5 Å². The minimum atomic E-state index is -0.462. The first-order valence-corrected chi connectivity index (χ1v) is 7.35. The summed E-state index contributed by atoms with van der Waals surface area (Å²) < 4.78 is 10.6. The number of halogens is 1. The summed E-state index contributed by atoms with van der Waals surface area (Å²) in [7, 11) is 1.71. The molecule has 7 nitrogen and oxygen atoms in total. The maximum absolute atomic E-state index is 11.8. The quantitative estimate of drug-likeness (QED) is 0.432. The molecule has 0 unspecified atom stereocenters. The van der Waals surface area contributed by atoms with E-state index in [1.807, 2.05) is 32.9 Å². The van der Waals surface area contributed by atoms with Crippen LogP contribution in [0.25, 0.3) is 0 Å². The zero-order valence-electron chi connectivity index (χ0n) is 14.0. The fourth-order valence-corrected chi connectivity index (χ4v) is 2.02. The molecule has 0 radical (unpaired) electrons. The van der Waals surface area contributed by atoms with E-state index in [0.29, 0.717) is 25.6 Å². The summed E-state index contributed by atoms with van der Waals surface area (Å²) in [5, 5.41) is 6.42. The number of nitrogens with one attached hydrogen (secondary N) is 2. The van der Waals surface area contributed by atoms with Gasteiger partial charge in [-0.1, -0.05) is 0 Å². The highest BCUT2D eigenvalue weighted by Gasteiger charge is 2.34. The predicted octanol–water partition coefficient (Wildman–Crippen LogP) is 2.18. The number of hydrogen-bond donors (Lipinski definition) is 2. The Balaban J connectivity index is 0.00000264. The third-order valence-electron chi connectivity index (χ3n) is 3.11. The Labute approximate surface area is 153 Å². The van der Waals surface area contributed by atoms with E-state index >= 15 is 0 Å². The number of hydrogen-bond acceptors (Lipinski definition) is 4. The normalized spacial score (nSPS) is 15.5. The van der Waals surface area contributed by atoms with Crippen molar-refractivity contribution in [3.05, 3.63) is 24.2 Å². The lowest BCUT2D eigenvalue weighted by Gasteiger charge is -2.40. The summed E-state index contributed by atoms with van der Waals surface area (Å²) >= 11 is 0. The molecule has 0 aromatic carbocycles. The van der Waals surface area contributed by atoms with Gasteiger partial charge in [-0.05, 0) is 32.9 Å². The second-order valence-electron chi connectivity index (χ2n) is 6.23. The molecule has 0 saturated carbocycles. The van der Waals surface area contributed by atoms with Crippen LogP contribution < -0.4 is 10.6 Å². The van der Waals surface area contributed by atoms with Crippen LogP contribution >= 0.6 is 24.0 Å². The second-order valence-corrected chi connectivity index (χ2v) is 6.23. The summed E-state index contributed by atoms with van der Waals surface area (Å²) in [6, 6.07) is 3.92. The summed E-state index contributed by atoms with van der Waals surface area (Å²) in [6.45, 7) is 7.37. The number of guanidine groups is 1. The molecule has 0 atom stereocenters. The van der Waals surface area contributed by atoms with Crippen LogP contribution in [0, 0.1) is 0 Å². The van der Waals surface area contributed by atoms with E-state index in [0.717, 1.165) is 5.76 Å². The van der Waals surface area contributed by atoms with E-state index in [2.05, 4.69) is 15.6 Å².